The lowest BCUT2D eigenvalue weighted by atomic mass is 9.88. The average molecular weight is 267 g/mol. The van der Waals surface area contributed by atoms with Crippen LogP contribution in [0.5, 0.6) is 0 Å². The molecule has 1 aliphatic carbocycles. The average Bonchev–Trinajstić information content (AvgIpc) is 2.87. The lowest BCUT2D eigenvalue weighted by molar-refractivity contribution is -0.115. The number of ether oxygens (including phenoxy) is 2. The Hall–Kier alpha value is -0.650. The van der Waals surface area contributed by atoms with E-state index in [4.69, 9.17) is 20.6 Å². The monoisotopic (exact) mass is 267 g/mol. The van der Waals surface area contributed by atoms with Gasteiger partial charge in [0.25, 0.3) is 0 Å². The Morgan fingerprint density at radius 3 is 2.79 bits per heavy atom. The molecule has 2 atom stereocenters. The summed E-state index contributed by atoms with van der Waals surface area (Å²) in [6.07, 6.45) is 7.12. The van der Waals surface area contributed by atoms with Crippen LogP contribution in [0.1, 0.15) is 38.5 Å². The molecule has 1 saturated carbocycles. The number of hydrogen-bond acceptors (Lipinski definition) is 4. The van der Waals surface area contributed by atoms with Crippen LogP contribution >= 0.6 is 0 Å². The maximum atomic E-state index is 7.55. The van der Waals surface area contributed by atoms with E-state index in [9.17, 15) is 0 Å². The topological polar surface area (TPSA) is 71.6 Å². The maximum Gasteiger partial charge on any atom is 0.127 e. The van der Waals surface area contributed by atoms with Crippen molar-refractivity contribution in [2.45, 2.75) is 56.3 Å². The first-order chi connectivity index (χ1) is 9.19. The maximum absolute atomic E-state index is 7.55. The molecule has 2 unspecified atom stereocenters. The number of morpholine rings is 1. The fraction of sp³-hybridized carbons (Fsp3) is 0.929. The predicted octanol–water partition coefficient (Wildman–Crippen LogP) is 1.11. The van der Waals surface area contributed by atoms with Crippen LogP contribution in [0.3, 0.4) is 0 Å². The number of amidine groups is 1. The summed E-state index contributed by atoms with van der Waals surface area (Å²) in [5.74, 6) is 0.160. The van der Waals surface area contributed by atoms with Crippen LogP contribution in [0, 0.1) is 5.41 Å². The Labute approximate surface area is 114 Å². The molecule has 2 aliphatic heterocycles. The number of hydrogen-bond donors (Lipinski definition) is 2. The predicted molar refractivity (Wildman–Crippen MR) is 73.4 cm³/mol. The van der Waals surface area contributed by atoms with Crippen molar-refractivity contribution in [1.82, 2.24) is 4.90 Å². The van der Waals surface area contributed by atoms with Gasteiger partial charge in [-0.3, -0.25) is 10.3 Å². The van der Waals surface area contributed by atoms with E-state index in [1.54, 1.807) is 0 Å². The zero-order chi connectivity index (χ0) is 13.3. The summed E-state index contributed by atoms with van der Waals surface area (Å²) in [7, 11) is 0. The Morgan fingerprint density at radius 1 is 1.26 bits per heavy atom. The highest BCUT2D eigenvalue weighted by Gasteiger charge is 2.42. The zero-order valence-electron chi connectivity index (χ0n) is 11.6. The van der Waals surface area contributed by atoms with Gasteiger partial charge in [-0.2, -0.15) is 0 Å². The Bertz CT molecular complexity index is 342. The van der Waals surface area contributed by atoms with Gasteiger partial charge in [-0.1, -0.05) is 12.8 Å². The molecule has 108 valence electrons. The summed E-state index contributed by atoms with van der Waals surface area (Å²) in [6.45, 7) is 3.31. The van der Waals surface area contributed by atoms with E-state index < -0.39 is 0 Å². The Balaban J connectivity index is 1.63. The van der Waals surface area contributed by atoms with Gasteiger partial charge in [0, 0.05) is 25.7 Å². The molecular weight excluding hydrogens is 242 g/mol. The van der Waals surface area contributed by atoms with E-state index >= 15 is 0 Å². The smallest absolute Gasteiger partial charge is 0.127 e. The van der Waals surface area contributed by atoms with Crippen molar-refractivity contribution in [3.63, 3.8) is 0 Å². The molecule has 3 rings (SSSR count). The SMILES string of the molecule is N=C(N)C1CN(C2CCOC3(CCCC3)C2)CCO1. The third-order valence-electron chi connectivity index (χ3n) is 4.94. The minimum absolute atomic E-state index is 0.160. The van der Waals surface area contributed by atoms with Crippen LogP contribution in [-0.2, 0) is 9.47 Å². The lowest BCUT2D eigenvalue weighted by Crippen LogP contribution is -2.55. The quantitative estimate of drug-likeness (QED) is 0.581. The third-order valence-corrected chi connectivity index (χ3v) is 4.94. The van der Waals surface area contributed by atoms with Crippen LogP contribution in [0.15, 0.2) is 0 Å². The van der Waals surface area contributed by atoms with Crippen molar-refractivity contribution in [1.29, 1.82) is 5.41 Å². The molecule has 19 heavy (non-hydrogen) atoms. The molecule has 0 aromatic rings. The lowest BCUT2D eigenvalue weighted by Gasteiger charge is -2.45. The molecule has 1 spiro atoms. The van der Waals surface area contributed by atoms with E-state index in [0.29, 0.717) is 12.6 Å². The van der Waals surface area contributed by atoms with E-state index in [-0.39, 0.29) is 17.5 Å². The van der Waals surface area contributed by atoms with Gasteiger partial charge in [0.15, 0.2) is 0 Å². The molecule has 0 amide bonds. The highest BCUT2D eigenvalue weighted by atomic mass is 16.5. The Kier molecular flexibility index (Phi) is 3.78. The molecule has 3 fully saturated rings. The summed E-state index contributed by atoms with van der Waals surface area (Å²) < 4.78 is 11.7. The minimum Gasteiger partial charge on any atom is -0.385 e. The fourth-order valence-electron chi connectivity index (χ4n) is 3.87. The second-order valence-corrected chi connectivity index (χ2v) is 6.19. The van der Waals surface area contributed by atoms with Crippen LogP contribution in [0.25, 0.3) is 0 Å². The van der Waals surface area contributed by atoms with Gasteiger partial charge in [-0.15, -0.1) is 0 Å². The molecule has 0 radical (unpaired) electrons. The number of nitrogens with one attached hydrogen (secondary N) is 1. The summed E-state index contributed by atoms with van der Waals surface area (Å²) in [6, 6.07) is 0.581. The van der Waals surface area contributed by atoms with Crippen molar-refractivity contribution >= 4 is 5.84 Å². The van der Waals surface area contributed by atoms with Crippen LogP contribution in [0.4, 0.5) is 0 Å². The second kappa shape index (κ2) is 5.38. The van der Waals surface area contributed by atoms with Gasteiger partial charge >= 0.3 is 0 Å². The first-order valence-corrected chi connectivity index (χ1v) is 7.52. The molecule has 0 bridgehead atoms. The van der Waals surface area contributed by atoms with Crippen molar-refractivity contribution in [2.75, 3.05) is 26.3 Å². The van der Waals surface area contributed by atoms with Gasteiger partial charge in [0.05, 0.1) is 12.2 Å². The van der Waals surface area contributed by atoms with E-state index in [1.165, 1.54) is 25.7 Å². The van der Waals surface area contributed by atoms with Gasteiger partial charge < -0.3 is 15.2 Å². The van der Waals surface area contributed by atoms with Crippen molar-refractivity contribution in [3.8, 4) is 0 Å². The molecule has 2 saturated heterocycles. The van der Waals surface area contributed by atoms with Crippen LogP contribution < -0.4 is 5.73 Å². The zero-order valence-corrected chi connectivity index (χ0v) is 11.6. The first-order valence-electron chi connectivity index (χ1n) is 7.52. The van der Waals surface area contributed by atoms with Crippen molar-refractivity contribution in [3.05, 3.63) is 0 Å². The van der Waals surface area contributed by atoms with Gasteiger partial charge in [-0.25, -0.2) is 0 Å². The molecule has 2 heterocycles. The summed E-state index contributed by atoms with van der Waals surface area (Å²) in [5.41, 5.74) is 5.74. The number of rotatable bonds is 2. The third kappa shape index (κ3) is 2.78. The molecule has 3 aliphatic rings. The molecule has 5 heteroatoms. The molecule has 5 nitrogen and oxygen atoms in total. The number of nitrogens with zero attached hydrogens (tertiary/aromatic N) is 1. The standard InChI is InChI=1S/C14H25N3O2/c15-13(16)12-10-17(6-8-18-12)11-3-7-19-14(9-11)4-1-2-5-14/h11-12H,1-10H2,(H3,15,16). The van der Waals surface area contributed by atoms with Crippen molar-refractivity contribution < 1.29 is 9.47 Å². The van der Waals surface area contributed by atoms with E-state index in [1.807, 2.05) is 0 Å². The fourth-order valence-corrected chi connectivity index (χ4v) is 3.87. The second-order valence-electron chi connectivity index (χ2n) is 6.19. The minimum atomic E-state index is -0.212. The molecule has 0 aromatic heterocycles. The first kappa shape index (κ1) is 13.3. The van der Waals surface area contributed by atoms with Crippen LogP contribution in [-0.4, -0.2) is 54.8 Å². The highest BCUT2D eigenvalue weighted by molar-refractivity contribution is 5.82. The number of nitrogens with two attached hydrogens (primary N) is 1. The van der Waals surface area contributed by atoms with E-state index in [2.05, 4.69) is 4.90 Å². The summed E-state index contributed by atoms with van der Waals surface area (Å²) in [5, 5.41) is 7.55. The highest BCUT2D eigenvalue weighted by Crippen LogP contribution is 2.41. The van der Waals surface area contributed by atoms with Gasteiger partial charge in [0.2, 0.25) is 0 Å². The molecule has 0 aromatic carbocycles. The summed E-state index contributed by atoms with van der Waals surface area (Å²) >= 11 is 0. The largest absolute Gasteiger partial charge is 0.385 e. The van der Waals surface area contributed by atoms with Gasteiger partial charge in [-0.05, 0) is 25.7 Å². The van der Waals surface area contributed by atoms with E-state index in [0.717, 1.165) is 32.5 Å². The molecule has 3 N–H and O–H groups in total. The van der Waals surface area contributed by atoms with Gasteiger partial charge in [0.1, 0.15) is 11.9 Å². The molecular formula is C14H25N3O2. The normalized spacial score (nSPS) is 35.6. The van der Waals surface area contributed by atoms with Crippen molar-refractivity contribution in [2.24, 2.45) is 5.73 Å². The Morgan fingerprint density at radius 2 is 2.05 bits per heavy atom. The van der Waals surface area contributed by atoms with Crippen LogP contribution in [0.2, 0.25) is 0 Å². The summed E-state index contributed by atoms with van der Waals surface area (Å²) in [4.78, 5) is 2.47.